The molecule has 0 saturated carbocycles. The molecule has 18 heavy (non-hydrogen) atoms. The Labute approximate surface area is 112 Å². The van der Waals surface area contributed by atoms with E-state index in [-0.39, 0.29) is 6.10 Å². The first kappa shape index (κ1) is 15.2. The zero-order valence-electron chi connectivity index (χ0n) is 12.3. The lowest BCUT2D eigenvalue weighted by atomic mass is 9.88. The number of unbranched alkanes of at least 4 members (excludes halogenated alkanes) is 1. The third-order valence-corrected chi connectivity index (χ3v) is 3.84. The van der Waals surface area contributed by atoms with Gasteiger partial charge in [0.15, 0.2) is 0 Å². The summed E-state index contributed by atoms with van der Waals surface area (Å²) in [5.74, 6) is 0.952. The third kappa shape index (κ3) is 4.13. The molecule has 1 heteroatoms. The molecule has 0 aliphatic carbocycles. The van der Waals surface area contributed by atoms with Gasteiger partial charge in [-0.25, -0.2) is 0 Å². The van der Waals surface area contributed by atoms with Crippen molar-refractivity contribution in [2.24, 2.45) is 5.92 Å². The van der Waals surface area contributed by atoms with Gasteiger partial charge < -0.3 is 5.11 Å². The molecule has 0 amide bonds. The fourth-order valence-electron chi connectivity index (χ4n) is 2.40. The highest BCUT2D eigenvalue weighted by Gasteiger charge is 2.18. The molecular formula is C17H28O. The normalized spacial score (nSPS) is 14.8. The highest BCUT2D eigenvalue weighted by molar-refractivity contribution is 5.26. The second kappa shape index (κ2) is 7.58. The third-order valence-electron chi connectivity index (χ3n) is 3.84. The molecule has 1 nitrogen and oxygen atoms in total. The molecule has 2 unspecified atom stereocenters. The standard InChI is InChI=1S/C17H28O/c1-5-7-8-14(6-2)17(18)16-11-9-15(10-12-16)13(3)4/h9-14,17-18H,5-8H2,1-4H3. The van der Waals surface area contributed by atoms with Crippen LogP contribution in [0.15, 0.2) is 24.3 Å². The average molecular weight is 248 g/mol. The van der Waals surface area contributed by atoms with Crippen LogP contribution >= 0.6 is 0 Å². The summed E-state index contributed by atoms with van der Waals surface area (Å²) in [7, 11) is 0. The van der Waals surface area contributed by atoms with Gasteiger partial charge in [0, 0.05) is 0 Å². The van der Waals surface area contributed by atoms with Crippen LogP contribution in [0.5, 0.6) is 0 Å². The summed E-state index contributed by atoms with van der Waals surface area (Å²) in [6, 6.07) is 8.48. The number of rotatable bonds is 7. The van der Waals surface area contributed by atoms with Crippen LogP contribution in [-0.4, -0.2) is 5.11 Å². The van der Waals surface area contributed by atoms with Crippen LogP contribution in [0.4, 0.5) is 0 Å². The molecule has 0 saturated heterocycles. The molecule has 0 aliphatic heterocycles. The van der Waals surface area contributed by atoms with Crippen LogP contribution in [-0.2, 0) is 0 Å². The number of hydrogen-bond donors (Lipinski definition) is 1. The van der Waals surface area contributed by atoms with E-state index >= 15 is 0 Å². The molecule has 1 aromatic carbocycles. The van der Waals surface area contributed by atoms with Gasteiger partial charge in [-0.05, 0) is 29.4 Å². The summed E-state index contributed by atoms with van der Waals surface area (Å²) in [6.45, 7) is 8.77. The summed E-state index contributed by atoms with van der Waals surface area (Å²) in [4.78, 5) is 0. The fourth-order valence-corrected chi connectivity index (χ4v) is 2.40. The summed E-state index contributed by atoms with van der Waals surface area (Å²) in [6.07, 6.45) is 4.28. The Kier molecular flexibility index (Phi) is 6.42. The zero-order chi connectivity index (χ0) is 13.5. The molecule has 0 aliphatic rings. The number of benzene rings is 1. The van der Waals surface area contributed by atoms with Crippen LogP contribution in [0.25, 0.3) is 0 Å². The van der Waals surface area contributed by atoms with Gasteiger partial charge in [-0.1, -0.05) is 71.2 Å². The van der Waals surface area contributed by atoms with Crippen molar-refractivity contribution in [1.82, 2.24) is 0 Å². The smallest absolute Gasteiger partial charge is 0.0818 e. The van der Waals surface area contributed by atoms with Gasteiger partial charge in [-0.15, -0.1) is 0 Å². The number of aliphatic hydroxyl groups is 1. The maximum Gasteiger partial charge on any atom is 0.0818 e. The first-order valence-electron chi connectivity index (χ1n) is 7.38. The molecule has 0 heterocycles. The van der Waals surface area contributed by atoms with Crippen molar-refractivity contribution in [3.05, 3.63) is 35.4 Å². The molecule has 0 aromatic heterocycles. The highest BCUT2D eigenvalue weighted by Crippen LogP contribution is 2.29. The first-order chi connectivity index (χ1) is 8.60. The summed E-state index contributed by atoms with van der Waals surface area (Å²) in [5.41, 5.74) is 2.41. The summed E-state index contributed by atoms with van der Waals surface area (Å²) >= 11 is 0. The van der Waals surface area contributed by atoms with Crippen molar-refractivity contribution >= 4 is 0 Å². The largest absolute Gasteiger partial charge is 0.388 e. The molecular weight excluding hydrogens is 220 g/mol. The number of hydrogen-bond acceptors (Lipinski definition) is 1. The Morgan fingerprint density at radius 2 is 1.56 bits per heavy atom. The van der Waals surface area contributed by atoms with Crippen molar-refractivity contribution in [1.29, 1.82) is 0 Å². The SMILES string of the molecule is CCCCC(CC)C(O)c1ccc(C(C)C)cc1. The van der Waals surface area contributed by atoms with Gasteiger partial charge in [0.05, 0.1) is 6.10 Å². The van der Waals surface area contributed by atoms with Crippen molar-refractivity contribution in [3.63, 3.8) is 0 Å². The van der Waals surface area contributed by atoms with E-state index < -0.39 is 0 Å². The maximum atomic E-state index is 10.4. The Bertz CT molecular complexity index is 326. The van der Waals surface area contributed by atoms with E-state index in [0.29, 0.717) is 11.8 Å². The molecule has 0 spiro atoms. The average Bonchev–Trinajstić information content (AvgIpc) is 2.39. The quantitative estimate of drug-likeness (QED) is 0.715. The van der Waals surface area contributed by atoms with E-state index in [2.05, 4.69) is 52.0 Å². The molecule has 1 N–H and O–H groups in total. The van der Waals surface area contributed by atoms with Gasteiger partial charge in [0.25, 0.3) is 0 Å². The van der Waals surface area contributed by atoms with Gasteiger partial charge in [-0.3, -0.25) is 0 Å². The Morgan fingerprint density at radius 1 is 1.00 bits per heavy atom. The lowest BCUT2D eigenvalue weighted by Gasteiger charge is -2.22. The van der Waals surface area contributed by atoms with Crippen LogP contribution in [0.2, 0.25) is 0 Å². The minimum Gasteiger partial charge on any atom is -0.388 e. The van der Waals surface area contributed by atoms with Crippen LogP contribution in [0.3, 0.4) is 0 Å². The fraction of sp³-hybridized carbons (Fsp3) is 0.647. The van der Waals surface area contributed by atoms with Crippen molar-refractivity contribution < 1.29 is 5.11 Å². The van der Waals surface area contributed by atoms with E-state index in [1.165, 1.54) is 18.4 Å². The molecule has 0 fully saturated rings. The molecule has 0 bridgehead atoms. The van der Waals surface area contributed by atoms with Crippen LogP contribution < -0.4 is 0 Å². The monoisotopic (exact) mass is 248 g/mol. The van der Waals surface area contributed by atoms with Gasteiger partial charge in [0.1, 0.15) is 0 Å². The van der Waals surface area contributed by atoms with Crippen LogP contribution in [0, 0.1) is 5.92 Å². The van der Waals surface area contributed by atoms with E-state index in [1.54, 1.807) is 0 Å². The predicted octanol–water partition coefficient (Wildman–Crippen LogP) is 5.06. The molecule has 2 atom stereocenters. The van der Waals surface area contributed by atoms with Crippen molar-refractivity contribution in [2.45, 2.75) is 65.4 Å². The van der Waals surface area contributed by atoms with Crippen molar-refractivity contribution in [3.8, 4) is 0 Å². The lowest BCUT2D eigenvalue weighted by Crippen LogP contribution is -2.12. The van der Waals surface area contributed by atoms with Crippen LogP contribution in [0.1, 0.15) is 76.5 Å². The summed E-state index contributed by atoms with van der Waals surface area (Å²) in [5, 5.41) is 10.4. The molecule has 1 rings (SSSR count). The minimum absolute atomic E-state index is 0.303. The van der Waals surface area contributed by atoms with Gasteiger partial charge in [-0.2, -0.15) is 0 Å². The van der Waals surface area contributed by atoms with Gasteiger partial charge >= 0.3 is 0 Å². The Morgan fingerprint density at radius 3 is 2.00 bits per heavy atom. The second-order valence-electron chi connectivity index (χ2n) is 5.58. The second-order valence-corrected chi connectivity index (χ2v) is 5.58. The Balaban J connectivity index is 2.72. The Hall–Kier alpha value is -0.820. The minimum atomic E-state index is -0.303. The molecule has 0 radical (unpaired) electrons. The maximum absolute atomic E-state index is 10.4. The van der Waals surface area contributed by atoms with E-state index in [0.717, 1.165) is 18.4 Å². The molecule has 102 valence electrons. The van der Waals surface area contributed by atoms with E-state index in [1.807, 2.05) is 0 Å². The topological polar surface area (TPSA) is 20.2 Å². The lowest BCUT2D eigenvalue weighted by molar-refractivity contribution is 0.0989. The van der Waals surface area contributed by atoms with E-state index in [4.69, 9.17) is 0 Å². The molecule has 1 aromatic rings. The number of aliphatic hydroxyl groups excluding tert-OH is 1. The first-order valence-corrected chi connectivity index (χ1v) is 7.38. The highest BCUT2D eigenvalue weighted by atomic mass is 16.3. The van der Waals surface area contributed by atoms with E-state index in [9.17, 15) is 5.11 Å². The van der Waals surface area contributed by atoms with Crippen molar-refractivity contribution in [2.75, 3.05) is 0 Å². The summed E-state index contributed by atoms with van der Waals surface area (Å²) < 4.78 is 0. The predicted molar refractivity (Wildman–Crippen MR) is 78.8 cm³/mol. The van der Waals surface area contributed by atoms with Gasteiger partial charge in [0.2, 0.25) is 0 Å². The zero-order valence-corrected chi connectivity index (χ0v) is 12.3.